The maximum atomic E-state index is 11.9. The van der Waals surface area contributed by atoms with E-state index in [1.165, 1.54) is 19.3 Å². The summed E-state index contributed by atoms with van der Waals surface area (Å²) in [5, 5.41) is 1.28. The second-order valence-electron chi connectivity index (χ2n) is 5.00. The average molecular weight is 279 g/mol. The summed E-state index contributed by atoms with van der Waals surface area (Å²) in [6.45, 7) is 0.490. The number of esters is 1. The summed E-state index contributed by atoms with van der Waals surface area (Å²) >= 11 is 5.80. The molecule has 2 aromatic heterocycles. The molecule has 0 amide bonds. The van der Waals surface area contributed by atoms with Crippen LogP contribution in [0, 0.1) is 5.92 Å². The minimum atomic E-state index is -0.317. The Balaban J connectivity index is 1.60. The van der Waals surface area contributed by atoms with Crippen LogP contribution in [-0.2, 0) is 4.74 Å². The lowest BCUT2D eigenvalue weighted by Gasteiger charge is -2.02. The molecule has 1 N–H and O–H groups in total. The Morgan fingerprint density at radius 2 is 2.32 bits per heavy atom. The summed E-state index contributed by atoms with van der Waals surface area (Å²) in [5.74, 6) is 0.558. The zero-order valence-electron chi connectivity index (χ0n) is 10.5. The molecule has 0 atom stereocenters. The van der Waals surface area contributed by atoms with Crippen LogP contribution in [0.15, 0.2) is 18.3 Å². The number of hydrogen-bond donors (Lipinski definition) is 1. The number of nitrogens with one attached hydrogen (secondary N) is 1. The van der Waals surface area contributed by atoms with Gasteiger partial charge in [-0.2, -0.15) is 0 Å². The molecule has 100 valence electrons. The number of aromatic nitrogens is 2. The molecule has 19 heavy (non-hydrogen) atoms. The molecule has 1 aliphatic carbocycles. The second kappa shape index (κ2) is 5.21. The monoisotopic (exact) mass is 278 g/mol. The zero-order chi connectivity index (χ0) is 13.2. The summed E-state index contributed by atoms with van der Waals surface area (Å²) in [6, 6.07) is 3.46. The molecule has 2 aromatic rings. The number of halogens is 1. The SMILES string of the molecule is O=C(OCCCC1CC1)c1cc2cc(Cl)ncc2[nH]1. The Bertz CT molecular complexity index is 605. The standard InChI is InChI=1S/C14H15ClN2O2/c15-13-7-10-6-11(17-12(10)8-16-13)14(18)19-5-1-2-9-3-4-9/h6-9,17H,1-5H2. The molecule has 4 nitrogen and oxygen atoms in total. The van der Waals surface area contributed by atoms with Gasteiger partial charge in [0.25, 0.3) is 0 Å². The quantitative estimate of drug-likeness (QED) is 0.517. The number of aromatic amines is 1. The molecular formula is C14H15ClN2O2. The van der Waals surface area contributed by atoms with Crippen molar-refractivity contribution in [1.29, 1.82) is 0 Å². The van der Waals surface area contributed by atoms with Gasteiger partial charge in [0, 0.05) is 5.39 Å². The number of nitrogens with zero attached hydrogens (tertiary/aromatic N) is 1. The van der Waals surface area contributed by atoms with Crippen LogP contribution in [0.1, 0.15) is 36.2 Å². The highest BCUT2D eigenvalue weighted by Crippen LogP contribution is 2.33. The number of H-pyrrole nitrogens is 1. The van der Waals surface area contributed by atoms with E-state index in [1.807, 2.05) is 0 Å². The fourth-order valence-electron chi connectivity index (χ4n) is 2.14. The van der Waals surface area contributed by atoms with Crippen LogP contribution in [0.25, 0.3) is 10.9 Å². The first-order chi connectivity index (χ1) is 9.22. The summed E-state index contributed by atoms with van der Waals surface area (Å²) < 4.78 is 5.24. The van der Waals surface area contributed by atoms with E-state index >= 15 is 0 Å². The number of hydrogen-bond acceptors (Lipinski definition) is 3. The van der Waals surface area contributed by atoms with E-state index in [0.717, 1.165) is 23.2 Å². The smallest absolute Gasteiger partial charge is 0.354 e. The number of pyridine rings is 1. The third kappa shape index (κ3) is 3.07. The largest absolute Gasteiger partial charge is 0.461 e. The predicted molar refractivity (Wildman–Crippen MR) is 73.3 cm³/mol. The normalized spacial score (nSPS) is 14.8. The van der Waals surface area contributed by atoms with Gasteiger partial charge < -0.3 is 9.72 Å². The highest BCUT2D eigenvalue weighted by Gasteiger charge is 2.20. The maximum absolute atomic E-state index is 11.9. The topological polar surface area (TPSA) is 55.0 Å². The third-order valence-electron chi connectivity index (χ3n) is 3.38. The van der Waals surface area contributed by atoms with Crippen LogP contribution in [0.4, 0.5) is 0 Å². The van der Waals surface area contributed by atoms with E-state index < -0.39 is 0 Å². The van der Waals surface area contributed by atoms with Gasteiger partial charge in [0.15, 0.2) is 0 Å². The molecule has 1 fully saturated rings. The van der Waals surface area contributed by atoms with Crippen LogP contribution in [0.2, 0.25) is 5.15 Å². The zero-order valence-corrected chi connectivity index (χ0v) is 11.2. The van der Waals surface area contributed by atoms with E-state index in [-0.39, 0.29) is 5.97 Å². The first-order valence-electron chi connectivity index (χ1n) is 6.54. The Morgan fingerprint density at radius 3 is 3.11 bits per heavy atom. The molecule has 1 aliphatic rings. The minimum absolute atomic E-state index is 0.317. The Labute approximate surface area is 116 Å². The molecule has 0 bridgehead atoms. The molecule has 3 rings (SSSR count). The fourth-order valence-corrected chi connectivity index (χ4v) is 2.30. The van der Waals surface area contributed by atoms with Gasteiger partial charge in [-0.3, -0.25) is 0 Å². The van der Waals surface area contributed by atoms with Crippen molar-refractivity contribution < 1.29 is 9.53 Å². The predicted octanol–water partition coefficient (Wildman–Crippen LogP) is 3.56. The van der Waals surface area contributed by atoms with Crippen molar-refractivity contribution in [3.63, 3.8) is 0 Å². The fraction of sp³-hybridized carbons (Fsp3) is 0.429. The van der Waals surface area contributed by atoms with E-state index in [9.17, 15) is 4.79 Å². The molecule has 0 aromatic carbocycles. The van der Waals surface area contributed by atoms with Gasteiger partial charge in [0.1, 0.15) is 10.8 Å². The van der Waals surface area contributed by atoms with E-state index in [0.29, 0.717) is 17.5 Å². The lowest BCUT2D eigenvalue weighted by Crippen LogP contribution is -2.06. The van der Waals surface area contributed by atoms with Gasteiger partial charge in [0.05, 0.1) is 18.3 Å². The lowest BCUT2D eigenvalue weighted by atomic mass is 10.2. The van der Waals surface area contributed by atoms with Gasteiger partial charge in [-0.25, -0.2) is 9.78 Å². The Morgan fingerprint density at radius 1 is 1.47 bits per heavy atom. The molecule has 0 radical (unpaired) electrons. The van der Waals surface area contributed by atoms with E-state index in [1.54, 1.807) is 18.3 Å². The van der Waals surface area contributed by atoms with Crippen molar-refractivity contribution in [3.8, 4) is 0 Å². The van der Waals surface area contributed by atoms with Gasteiger partial charge in [0.2, 0.25) is 0 Å². The molecule has 0 unspecified atom stereocenters. The molecular weight excluding hydrogens is 264 g/mol. The molecule has 1 saturated carbocycles. The Kier molecular flexibility index (Phi) is 3.42. The van der Waals surface area contributed by atoms with Crippen LogP contribution in [0.5, 0.6) is 0 Å². The third-order valence-corrected chi connectivity index (χ3v) is 3.59. The first kappa shape index (κ1) is 12.5. The van der Waals surface area contributed by atoms with Crippen molar-refractivity contribution in [2.75, 3.05) is 6.61 Å². The van der Waals surface area contributed by atoms with Gasteiger partial charge in [-0.1, -0.05) is 24.4 Å². The van der Waals surface area contributed by atoms with Crippen LogP contribution in [-0.4, -0.2) is 22.5 Å². The van der Waals surface area contributed by atoms with Crippen molar-refractivity contribution in [2.24, 2.45) is 5.92 Å². The summed E-state index contributed by atoms with van der Waals surface area (Å²) in [7, 11) is 0. The van der Waals surface area contributed by atoms with Crippen molar-refractivity contribution in [1.82, 2.24) is 9.97 Å². The minimum Gasteiger partial charge on any atom is -0.461 e. The number of rotatable bonds is 5. The number of carbonyl (C=O) groups is 1. The molecule has 5 heteroatoms. The van der Waals surface area contributed by atoms with Crippen LogP contribution < -0.4 is 0 Å². The highest BCUT2D eigenvalue weighted by molar-refractivity contribution is 6.30. The summed E-state index contributed by atoms with van der Waals surface area (Å²) in [4.78, 5) is 18.8. The van der Waals surface area contributed by atoms with E-state index in [2.05, 4.69) is 9.97 Å². The number of fused-ring (bicyclic) bond motifs is 1. The van der Waals surface area contributed by atoms with Gasteiger partial charge in [-0.15, -0.1) is 0 Å². The van der Waals surface area contributed by atoms with Crippen molar-refractivity contribution >= 4 is 28.5 Å². The van der Waals surface area contributed by atoms with Gasteiger partial charge in [-0.05, 0) is 30.9 Å². The first-order valence-corrected chi connectivity index (χ1v) is 6.91. The van der Waals surface area contributed by atoms with Crippen LogP contribution in [0.3, 0.4) is 0 Å². The van der Waals surface area contributed by atoms with Crippen LogP contribution >= 0.6 is 11.6 Å². The molecule has 2 heterocycles. The molecule has 0 saturated heterocycles. The molecule has 0 spiro atoms. The summed E-state index contributed by atoms with van der Waals surface area (Å²) in [6.07, 6.45) is 6.40. The lowest BCUT2D eigenvalue weighted by molar-refractivity contribution is 0.0491. The van der Waals surface area contributed by atoms with Gasteiger partial charge >= 0.3 is 5.97 Å². The summed E-state index contributed by atoms with van der Waals surface area (Å²) in [5.41, 5.74) is 1.24. The number of ether oxygens (including phenoxy) is 1. The Hall–Kier alpha value is -1.55. The number of carbonyl (C=O) groups excluding carboxylic acids is 1. The van der Waals surface area contributed by atoms with Crippen molar-refractivity contribution in [2.45, 2.75) is 25.7 Å². The average Bonchev–Trinajstić information content (AvgIpc) is 3.12. The second-order valence-corrected chi connectivity index (χ2v) is 5.39. The molecule has 0 aliphatic heterocycles. The highest BCUT2D eigenvalue weighted by atomic mass is 35.5. The maximum Gasteiger partial charge on any atom is 0.354 e. The van der Waals surface area contributed by atoms with E-state index in [4.69, 9.17) is 16.3 Å². The van der Waals surface area contributed by atoms with Crippen molar-refractivity contribution in [3.05, 3.63) is 29.2 Å².